The highest BCUT2D eigenvalue weighted by molar-refractivity contribution is 7.17. The number of hydrogen-bond donors (Lipinski definition) is 0. The quantitative estimate of drug-likeness (QED) is 0.281. The number of pyridine rings is 1. The minimum atomic E-state index is -0.0986. The van der Waals surface area contributed by atoms with Crippen LogP contribution in [-0.4, -0.2) is 10.8 Å². The first-order valence-corrected chi connectivity index (χ1v) is 9.76. The van der Waals surface area contributed by atoms with Gasteiger partial charge in [-0.1, -0.05) is 42.5 Å². The van der Waals surface area contributed by atoms with Gasteiger partial charge in [0, 0.05) is 22.4 Å². The Hall–Kier alpha value is -3.50. The minimum absolute atomic E-state index is 0.0986. The highest BCUT2D eigenvalue weighted by atomic mass is 32.1. The molecule has 4 aromatic rings. The van der Waals surface area contributed by atoms with Gasteiger partial charge in [-0.15, -0.1) is 11.3 Å². The van der Waals surface area contributed by atoms with Crippen LogP contribution in [0.5, 0.6) is 0 Å². The third kappa shape index (κ3) is 4.08. The summed E-state index contributed by atoms with van der Waals surface area (Å²) in [6.45, 7) is 0. The standard InChI is InChI=1S/C24H18N2OS/c27-23(22-13-7-8-18-25-22)16-14-21-15-17-24(28-21)26(19-9-3-1-4-10-19)20-11-5-2-6-12-20/h1-18H/b16-14+. The van der Waals surface area contributed by atoms with Crippen molar-refractivity contribution < 1.29 is 4.79 Å². The molecule has 0 aliphatic rings. The second-order valence-electron chi connectivity index (χ2n) is 6.10. The van der Waals surface area contributed by atoms with Crippen LogP contribution in [0.25, 0.3) is 6.08 Å². The van der Waals surface area contributed by atoms with Crippen molar-refractivity contribution in [2.24, 2.45) is 0 Å². The number of carbonyl (C=O) groups is 1. The van der Waals surface area contributed by atoms with Crippen molar-refractivity contribution in [2.45, 2.75) is 0 Å². The zero-order chi connectivity index (χ0) is 19.2. The summed E-state index contributed by atoms with van der Waals surface area (Å²) in [4.78, 5) is 19.6. The molecule has 0 aliphatic heterocycles. The maximum atomic E-state index is 12.2. The number of aromatic nitrogens is 1. The van der Waals surface area contributed by atoms with Crippen molar-refractivity contribution >= 4 is 39.6 Å². The number of ketones is 1. The van der Waals surface area contributed by atoms with E-state index in [2.05, 4.69) is 40.2 Å². The normalized spacial score (nSPS) is 10.9. The van der Waals surface area contributed by atoms with E-state index >= 15 is 0 Å². The maximum absolute atomic E-state index is 12.2. The van der Waals surface area contributed by atoms with Gasteiger partial charge in [-0.25, -0.2) is 0 Å². The van der Waals surface area contributed by atoms with Crippen LogP contribution in [0.15, 0.2) is 103 Å². The van der Waals surface area contributed by atoms with Crippen LogP contribution in [-0.2, 0) is 0 Å². The fourth-order valence-corrected chi connectivity index (χ4v) is 3.81. The Morgan fingerprint density at radius 2 is 1.43 bits per heavy atom. The van der Waals surface area contributed by atoms with Gasteiger partial charge in [-0.05, 0) is 60.7 Å². The molecule has 3 nitrogen and oxygen atoms in total. The number of para-hydroxylation sites is 2. The molecule has 0 amide bonds. The Bertz CT molecular complexity index is 1030. The van der Waals surface area contributed by atoms with E-state index in [1.807, 2.05) is 54.6 Å². The Morgan fingerprint density at radius 1 is 0.786 bits per heavy atom. The molecule has 2 aromatic carbocycles. The van der Waals surface area contributed by atoms with Crippen molar-refractivity contribution in [1.29, 1.82) is 0 Å². The van der Waals surface area contributed by atoms with E-state index in [1.54, 1.807) is 35.7 Å². The molecule has 0 saturated heterocycles. The van der Waals surface area contributed by atoms with E-state index in [-0.39, 0.29) is 5.78 Å². The van der Waals surface area contributed by atoms with Gasteiger partial charge in [-0.2, -0.15) is 0 Å². The summed E-state index contributed by atoms with van der Waals surface area (Å²) in [6, 6.07) is 30.0. The highest BCUT2D eigenvalue weighted by Crippen LogP contribution is 2.38. The van der Waals surface area contributed by atoms with E-state index in [4.69, 9.17) is 0 Å². The second kappa shape index (κ2) is 8.46. The van der Waals surface area contributed by atoms with E-state index in [9.17, 15) is 4.79 Å². The summed E-state index contributed by atoms with van der Waals surface area (Å²) in [7, 11) is 0. The Balaban J connectivity index is 1.62. The highest BCUT2D eigenvalue weighted by Gasteiger charge is 2.13. The van der Waals surface area contributed by atoms with Crippen LogP contribution in [0.2, 0.25) is 0 Å². The smallest absolute Gasteiger partial charge is 0.204 e. The summed E-state index contributed by atoms with van der Waals surface area (Å²) in [5, 5.41) is 1.09. The molecule has 0 saturated carbocycles. The van der Waals surface area contributed by atoms with E-state index < -0.39 is 0 Å². The lowest BCUT2D eigenvalue weighted by molar-refractivity contribution is 0.104. The number of thiophene rings is 1. The minimum Gasteiger partial charge on any atom is -0.302 e. The number of benzene rings is 2. The lowest BCUT2D eigenvalue weighted by atomic mass is 10.2. The molecule has 2 aromatic heterocycles. The third-order valence-corrected chi connectivity index (χ3v) is 5.21. The van der Waals surface area contributed by atoms with Gasteiger partial charge < -0.3 is 4.90 Å². The van der Waals surface area contributed by atoms with Crippen LogP contribution in [0, 0.1) is 0 Å². The topological polar surface area (TPSA) is 33.2 Å². The first kappa shape index (κ1) is 17.9. The van der Waals surface area contributed by atoms with E-state index in [1.165, 1.54) is 0 Å². The van der Waals surface area contributed by atoms with Crippen LogP contribution < -0.4 is 4.90 Å². The predicted octanol–water partition coefficient (Wildman–Crippen LogP) is 6.51. The number of nitrogens with zero attached hydrogens (tertiary/aromatic N) is 2. The van der Waals surface area contributed by atoms with Crippen LogP contribution >= 0.6 is 11.3 Å². The van der Waals surface area contributed by atoms with E-state index in [0.717, 1.165) is 21.3 Å². The summed E-state index contributed by atoms with van der Waals surface area (Å²) in [6.07, 6.45) is 5.05. The van der Waals surface area contributed by atoms with Gasteiger partial charge in [0.1, 0.15) is 10.7 Å². The molecule has 4 rings (SSSR count). The number of carbonyl (C=O) groups excluding carboxylic acids is 1. The molecule has 4 heteroatoms. The largest absolute Gasteiger partial charge is 0.302 e. The molecular formula is C24H18N2OS. The second-order valence-corrected chi connectivity index (χ2v) is 7.19. The number of allylic oxidation sites excluding steroid dienone is 1. The molecule has 0 unspecified atom stereocenters. The fraction of sp³-hybridized carbons (Fsp3) is 0. The molecule has 0 fully saturated rings. The summed E-state index contributed by atoms with van der Waals surface area (Å²) < 4.78 is 0. The Kier molecular flexibility index (Phi) is 5.41. The molecule has 28 heavy (non-hydrogen) atoms. The summed E-state index contributed by atoms with van der Waals surface area (Å²) in [5.41, 5.74) is 2.64. The summed E-state index contributed by atoms with van der Waals surface area (Å²) >= 11 is 1.63. The van der Waals surface area contributed by atoms with Crippen molar-refractivity contribution in [3.63, 3.8) is 0 Å². The Labute approximate surface area is 168 Å². The SMILES string of the molecule is O=C(/C=C/c1ccc(N(c2ccccc2)c2ccccc2)s1)c1ccccn1. The molecular weight excluding hydrogens is 364 g/mol. The number of rotatable bonds is 6. The molecule has 0 spiro atoms. The zero-order valence-electron chi connectivity index (χ0n) is 15.1. The van der Waals surface area contributed by atoms with Gasteiger partial charge in [0.15, 0.2) is 0 Å². The van der Waals surface area contributed by atoms with Gasteiger partial charge in [-0.3, -0.25) is 9.78 Å². The van der Waals surface area contributed by atoms with Crippen molar-refractivity contribution in [3.05, 3.63) is 114 Å². The molecule has 0 radical (unpaired) electrons. The molecule has 0 atom stereocenters. The first-order valence-electron chi connectivity index (χ1n) is 8.95. The monoisotopic (exact) mass is 382 g/mol. The predicted molar refractivity (Wildman–Crippen MR) is 117 cm³/mol. The average molecular weight is 382 g/mol. The molecule has 0 N–H and O–H groups in total. The first-order chi connectivity index (χ1) is 13.8. The molecule has 2 heterocycles. The maximum Gasteiger partial charge on any atom is 0.204 e. The average Bonchev–Trinajstić information content (AvgIpc) is 3.23. The number of anilines is 3. The lowest BCUT2D eigenvalue weighted by Crippen LogP contribution is -2.07. The van der Waals surface area contributed by atoms with Gasteiger partial charge in [0.05, 0.1) is 0 Å². The zero-order valence-corrected chi connectivity index (χ0v) is 15.9. The van der Waals surface area contributed by atoms with Crippen LogP contribution in [0.4, 0.5) is 16.4 Å². The van der Waals surface area contributed by atoms with Crippen molar-refractivity contribution in [2.75, 3.05) is 4.90 Å². The van der Waals surface area contributed by atoms with Crippen molar-refractivity contribution in [1.82, 2.24) is 4.98 Å². The fourth-order valence-electron chi connectivity index (χ4n) is 2.86. The van der Waals surface area contributed by atoms with E-state index in [0.29, 0.717) is 5.69 Å². The summed E-state index contributed by atoms with van der Waals surface area (Å²) in [5.74, 6) is -0.0986. The van der Waals surface area contributed by atoms with Gasteiger partial charge >= 0.3 is 0 Å². The molecule has 0 aliphatic carbocycles. The van der Waals surface area contributed by atoms with Crippen LogP contribution in [0.3, 0.4) is 0 Å². The Morgan fingerprint density at radius 3 is 2.04 bits per heavy atom. The van der Waals surface area contributed by atoms with Gasteiger partial charge in [0.2, 0.25) is 5.78 Å². The van der Waals surface area contributed by atoms with Crippen molar-refractivity contribution in [3.8, 4) is 0 Å². The van der Waals surface area contributed by atoms with Gasteiger partial charge in [0.25, 0.3) is 0 Å². The lowest BCUT2D eigenvalue weighted by Gasteiger charge is -2.23. The third-order valence-electron chi connectivity index (χ3n) is 4.18. The van der Waals surface area contributed by atoms with Crippen LogP contribution in [0.1, 0.15) is 15.4 Å². The number of hydrogen-bond acceptors (Lipinski definition) is 4. The molecule has 0 bridgehead atoms. The molecule has 136 valence electrons.